The number of rotatable bonds is 3. The topological polar surface area (TPSA) is 46.9 Å². The van der Waals surface area contributed by atoms with Crippen LogP contribution in [0.3, 0.4) is 0 Å². The second kappa shape index (κ2) is 6.65. The molecule has 1 aliphatic rings. The van der Waals surface area contributed by atoms with Gasteiger partial charge in [-0.05, 0) is 56.2 Å². The maximum absolute atomic E-state index is 12.8. The Hall–Kier alpha value is -2.53. The van der Waals surface area contributed by atoms with Gasteiger partial charge >= 0.3 is 0 Å². The highest BCUT2D eigenvalue weighted by atomic mass is 32.2. The summed E-state index contributed by atoms with van der Waals surface area (Å²) >= 11 is 1.83. The zero-order chi connectivity index (χ0) is 18.3. The Bertz CT molecular complexity index is 1010. The maximum Gasteiger partial charge on any atom is 0.256 e. The van der Waals surface area contributed by atoms with E-state index in [0.717, 1.165) is 39.8 Å². The van der Waals surface area contributed by atoms with Crippen LogP contribution in [0.15, 0.2) is 42.5 Å². The average Bonchev–Trinajstić information content (AvgIpc) is 3.20. The van der Waals surface area contributed by atoms with Crippen LogP contribution in [0.1, 0.15) is 38.3 Å². The molecule has 1 N–H and O–H groups in total. The highest BCUT2D eigenvalue weighted by Crippen LogP contribution is 2.36. The Morgan fingerprint density at radius 3 is 2.69 bits per heavy atom. The second-order valence-corrected chi connectivity index (χ2v) is 7.76. The van der Waals surface area contributed by atoms with Gasteiger partial charge in [0.05, 0.1) is 11.4 Å². The van der Waals surface area contributed by atoms with Crippen LogP contribution in [0.4, 0.5) is 5.82 Å². The fourth-order valence-electron chi connectivity index (χ4n) is 3.15. The van der Waals surface area contributed by atoms with E-state index in [-0.39, 0.29) is 5.91 Å². The second-order valence-electron chi connectivity index (χ2n) is 6.77. The van der Waals surface area contributed by atoms with Crippen LogP contribution in [0.2, 0.25) is 0 Å². The molecule has 0 fully saturated rings. The number of aryl methyl sites for hydroxylation is 3. The number of carbonyl (C=O) groups excluding carboxylic acids is 1. The quantitative estimate of drug-likeness (QED) is 0.727. The lowest BCUT2D eigenvalue weighted by Gasteiger charge is -2.12. The Morgan fingerprint density at radius 2 is 1.92 bits per heavy atom. The highest BCUT2D eigenvalue weighted by molar-refractivity contribution is 7.98. The summed E-state index contributed by atoms with van der Waals surface area (Å²) in [6, 6.07) is 13.9. The van der Waals surface area contributed by atoms with E-state index in [1.54, 1.807) is 0 Å². The molecule has 2 heterocycles. The summed E-state index contributed by atoms with van der Waals surface area (Å²) in [7, 11) is 0. The van der Waals surface area contributed by atoms with Crippen molar-refractivity contribution in [1.29, 1.82) is 0 Å². The Labute approximate surface area is 157 Å². The van der Waals surface area contributed by atoms with Crippen LogP contribution < -0.4 is 5.32 Å². The maximum atomic E-state index is 12.8. The molecule has 0 radical (unpaired) electrons. The van der Waals surface area contributed by atoms with Crippen molar-refractivity contribution in [2.75, 3.05) is 5.32 Å². The molecule has 5 heteroatoms. The average molecular weight is 363 g/mol. The van der Waals surface area contributed by atoms with Gasteiger partial charge in [-0.25, -0.2) is 4.68 Å². The first kappa shape index (κ1) is 16.9. The molecule has 0 spiro atoms. The van der Waals surface area contributed by atoms with E-state index >= 15 is 0 Å². The molecule has 1 aromatic heterocycles. The minimum Gasteiger partial charge on any atom is -0.306 e. The summed E-state index contributed by atoms with van der Waals surface area (Å²) in [5.74, 6) is 2.46. The Balaban J connectivity index is 1.75. The molecule has 3 aromatic rings. The van der Waals surface area contributed by atoms with Crippen molar-refractivity contribution in [3.63, 3.8) is 0 Å². The minimum atomic E-state index is -0.0987. The third kappa shape index (κ3) is 3.03. The number of hydrogen-bond acceptors (Lipinski definition) is 3. The number of nitrogens with zero attached hydrogens (tertiary/aromatic N) is 2. The molecule has 0 atom stereocenters. The number of anilines is 1. The van der Waals surface area contributed by atoms with Crippen molar-refractivity contribution >= 4 is 23.5 Å². The van der Waals surface area contributed by atoms with E-state index < -0.39 is 0 Å². The Morgan fingerprint density at radius 1 is 1.08 bits per heavy atom. The molecule has 0 saturated carbocycles. The molecule has 4 rings (SSSR count). The van der Waals surface area contributed by atoms with Gasteiger partial charge < -0.3 is 5.32 Å². The largest absolute Gasteiger partial charge is 0.306 e. The molecular formula is C21H21N3OS. The predicted molar refractivity (Wildman–Crippen MR) is 107 cm³/mol. The lowest BCUT2D eigenvalue weighted by molar-refractivity contribution is 0.102. The van der Waals surface area contributed by atoms with Crippen molar-refractivity contribution in [3.8, 4) is 5.69 Å². The van der Waals surface area contributed by atoms with E-state index in [1.807, 2.05) is 47.6 Å². The van der Waals surface area contributed by atoms with Crippen LogP contribution in [0.25, 0.3) is 5.69 Å². The fraction of sp³-hybridized carbons (Fsp3) is 0.238. The number of carbonyl (C=O) groups is 1. The number of thioether (sulfide) groups is 1. The van der Waals surface area contributed by atoms with Crippen molar-refractivity contribution in [2.24, 2.45) is 0 Å². The summed E-state index contributed by atoms with van der Waals surface area (Å²) in [4.78, 5) is 12.8. The van der Waals surface area contributed by atoms with Gasteiger partial charge in [0.2, 0.25) is 0 Å². The van der Waals surface area contributed by atoms with Gasteiger partial charge in [0, 0.05) is 22.6 Å². The molecule has 132 valence electrons. The van der Waals surface area contributed by atoms with Crippen LogP contribution in [-0.4, -0.2) is 15.7 Å². The van der Waals surface area contributed by atoms with E-state index in [2.05, 4.69) is 37.4 Å². The third-order valence-corrected chi connectivity index (χ3v) is 5.77. The summed E-state index contributed by atoms with van der Waals surface area (Å²) < 4.78 is 1.88. The molecule has 4 nitrogen and oxygen atoms in total. The first-order valence-corrected chi connectivity index (χ1v) is 9.82. The smallest absolute Gasteiger partial charge is 0.256 e. The summed E-state index contributed by atoms with van der Waals surface area (Å²) in [5, 5.41) is 7.89. The van der Waals surface area contributed by atoms with Crippen molar-refractivity contribution < 1.29 is 4.79 Å². The van der Waals surface area contributed by atoms with Gasteiger partial charge in [-0.15, -0.1) is 0 Å². The number of aromatic nitrogens is 2. The van der Waals surface area contributed by atoms with Crippen LogP contribution in [-0.2, 0) is 11.5 Å². The van der Waals surface area contributed by atoms with Gasteiger partial charge in [-0.3, -0.25) is 4.79 Å². The number of nitrogens with one attached hydrogen (secondary N) is 1. The molecule has 0 unspecified atom stereocenters. The van der Waals surface area contributed by atoms with Gasteiger partial charge in [0.1, 0.15) is 5.82 Å². The van der Waals surface area contributed by atoms with Crippen LogP contribution in [0.5, 0.6) is 0 Å². The molecule has 1 aliphatic heterocycles. The molecular weight excluding hydrogens is 342 g/mol. The zero-order valence-corrected chi connectivity index (χ0v) is 16.0. The van der Waals surface area contributed by atoms with Gasteiger partial charge in [0.15, 0.2) is 0 Å². The van der Waals surface area contributed by atoms with Crippen LogP contribution >= 0.6 is 11.8 Å². The summed E-state index contributed by atoms with van der Waals surface area (Å²) in [6.07, 6.45) is 0. The summed E-state index contributed by atoms with van der Waals surface area (Å²) in [5.41, 5.74) is 7.37. The number of hydrogen-bond donors (Lipinski definition) is 1. The van der Waals surface area contributed by atoms with Crippen molar-refractivity contribution in [2.45, 2.75) is 32.3 Å². The van der Waals surface area contributed by atoms with Gasteiger partial charge in [-0.2, -0.15) is 16.9 Å². The predicted octanol–water partition coefficient (Wildman–Crippen LogP) is 4.80. The minimum absolute atomic E-state index is 0.0987. The monoisotopic (exact) mass is 363 g/mol. The fourth-order valence-corrected chi connectivity index (χ4v) is 4.19. The van der Waals surface area contributed by atoms with E-state index in [9.17, 15) is 4.79 Å². The Kier molecular flexibility index (Phi) is 4.32. The summed E-state index contributed by atoms with van der Waals surface area (Å²) in [6.45, 7) is 6.18. The molecule has 0 aliphatic carbocycles. The molecule has 26 heavy (non-hydrogen) atoms. The van der Waals surface area contributed by atoms with Gasteiger partial charge in [0.25, 0.3) is 5.91 Å². The standard InChI is InChI=1S/C21H21N3OS/c1-13-5-4-6-16(9-13)21(25)22-20-18-11-26-12-19(18)23-24(20)17-8-7-14(2)15(3)10-17/h4-10H,11-12H2,1-3H3,(H,22,25). The van der Waals surface area contributed by atoms with Gasteiger partial charge in [-0.1, -0.05) is 23.8 Å². The van der Waals surface area contributed by atoms with Crippen LogP contribution in [0, 0.1) is 20.8 Å². The highest BCUT2D eigenvalue weighted by Gasteiger charge is 2.25. The van der Waals surface area contributed by atoms with Crippen molar-refractivity contribution in [1.82, 2.24) is 9.78 Å². The van der Waals surface area contributed by atoms with E-state index in [1.165, 1.54) is 11.1 Å². The number of benzene rings is 2. The first-order valence-electron chi connectivity index (χ1n) is 8.67. The third-order valence-electron chi connectivity index (χ3n) is 4.80. The number of fused-ring (bicyclic) bond motifs is 1. The van der Waals surface area contributed by atoms with Crippen molar-refractivity contribution in [3.05, 3.63) is 76.0 Å². The van der Waals surface area contributed by atoms with E-state index in [4.69, 9.17) is 5.10 Å². The normalized spacial score (nSPS) is 12.9. The number of amides is 1. The lowest BCUT2D eigenvalue weighted by Crippen LogP contribution is -2.16. The lowest BCUT2D eigenvalue weighted by atomic mass is 10.1. The zero-order valence-electron chi connectivity index (χ0n) is 15.2. The van der Waals surface area contributed by atoms with E-state index in [0.29, 0.717) is 5.56 Å². The first-order chi connectivity index (χ1) is 12.5. The SMILES string of the molecule is Cc1cccc(C(=O)Nc2c3c(nn2-c2ccc(C)c(C)c2)CSC3)c1. The molecule has 2 aromatic carbocycles. The molecule has 0 bridgehead atoms. The molecule has 1 amide bonds. The molecule has 0 saturated heterocycles.